The molecule has 122 valence electrons. The van der Waals surface area contributed by atoms with Crippen LogP contribution in [0.25, 0.3) is 0 Å². The van der Waals surface area contributed by atoms with E-state index in [1.807, 2.05) is 0 Å². The lowest BCUT2D eigenvalue weighted by Gasteiger charge is -2.32. The minimum Gasteiger partial charge on any atom is -0.505 e. The number of aromatic hydroxyl groups is 1. The lowest BCUT2D eigenvalue weighted by molar-refractivity contribution is 0.0912. The number of hydrogen-bond acceptors (Lipinski definition) is 4. The molecule has 6 heteroatoms. The van der Waals surface area contributed by atoms with Crippen molar-refractivity contribution >= 4 is 5.91 Å². The maximum atomic E-state index is 13.3. The standard InChI is InChI=1S/C16H23FN2O3/c1-22-8-7-19-6-2-3-12(11-19)10-18-16(21)13-4-5-15(20)14(17)9-13/h4-5,9,12,20H,2-3,6-8,10-11H2,1H3,(H,18,21)/t12-/m1/s1. The van der Waals surface area contributed by atoms with Crippen molar-refractivity contribution in [3.63, 3.8) is 0 Å². The normalized spacial score (nSPS) is 19.1. The average Bonchev–Trinajstić information content (AvgIpc) is 2.53. The molecule has 1 heterocycles. The highest BCUT2D eigenvalue weighted by atomic mass is 19.1. The van der Waals surface area contributed by atoms with E-state index >= 15 is 0 Å². The number of rotatable bonds is 6. The summed E-state index contributed by atoms with van der Waals surface area (Å²) in [4.78, 5) is 14.3. The second-order valence-corrected chi connectivity index (χ2v) is 5.68. The van der Waals surface area contributed by atoms with Crippen molar-refractivity contribution < 1.29 is 19.0 Å². The molecule has 0 radical (unpaired) electrons. The van der Waals surface area contributed by atoms with Crippen LogP contribution in [0.3, 0.4) is 0 Å². The van der Waals surface area contributed by atoms with Crippen LogP contribution in [0.15, 0.2) is 18.2 Å². The van der Waals surface area contributed by atoms with Crippen LogP contribution in [0.5, 0.6) is 5.75 Å². The van der Waals surface area contributed by atoms with Crippen molar-refractivity contribution in [2.75, 3.05) is 39.9 Å². The zero-order valence-corrected chi connectivity index (χ0v) is 12.8. The fourth-order valence-electron chi connectivity index (χ4n) is 2.73. The zero-order valence-electron chi connectivity index (χ0n) is 12.8. The molecule has 22 heavy (non-hydrogen) atoms. The van der Waals surface area contributed by atoms with E-state index in [1.54, 1.807) is 7.11 Å². The Morgan fingerprint density at radius 1 is 1.55 bits per heavy atom. The molecule has 1 aromatic rings. The highest BCUT2D eigenvalue weighted by molar-refractivity contribution is 5.94. The Balaban J connectivity index is 1.81. The minimum absolute atomic E-state index is 0.224. The van der Waals surface area contributed by atoms with Gasteiger partial charge in [0.2, 0.25) is 0 Å². The van der Waals surface area contributed by atoms with Gasteiger partial charge in [0.05, 0.1) is 6.61 Å². The molecule has 1 saturated heterocycles. The average molecular weight is 310 g/mol. The fourth-order valence-corrected chi connectivity index (χ4v) is 2.73. The second-order valence-electron chi connectivity index (χ2n) is 5.68. The number of ether oxygens (including phenoxy) is 1. The van der Waals surface area contributed by atoms with Crippen molar-refractivity contribution in [1.29, 1.82) is 0 Å². The molecule has 1 aromatic carbocycles. The van der Waals surface area contributed by atoms with Gasteiger partial charge in [-0.05, 0) is 43.5 Å². The third-order valence-electron chi connectivity index (χ3n) is 3.98. The summed E-state index contributed by atoms with van der Waals surface area (Å²) < 4.78 is 18.3. The first kappa shape index (κ1) is 16.7. The summed E-state index contributed by atoms with van der Waals surface area (Å²) in [5.41, 5.74) is 0.224. The SMILES string of the molecule is COCCN1CCC[C@H](CNC(=O)c2ccc(O)c(F)c2)C1. The lowest BCUT2D eigenvalue weighted by Crippen LogP contribution is -2.42. The molecular formula is C16H23FN2O3. The smallest absolute Gasteiger partial charge is 0.251 e. The maximum absolute atomic E-state index is 13.3. The van der Waals surface area contributed by atoms with Crippen molar-refractivity contribution in [2.45, 2.75) is 12.8 Å². The molecule has 2 N–H and O–H groups in total. The number of phenols is 1. The van der Waals surface area contributed by atoms with Crippen LogP contribution >= 0.6 is 0 Å². The molecule has 0 bridgehead atoms. The van der Waals surface area contributed by atoms with Gasteiger partial charge in [0.1, 0.15) is 0 Å². The van der Waals surface area contributed by atoms with E-state index < -0.39 is 11.6 Å². The van der Waals surface area contributed by atoms with E-state index in [-0.39, 0.29) is 11.5 Å². The molecule has 0 aromatic heterocycles. The molecule has 2 rings (SSSR count). The van der Waals surface area contributed by atoms with Crippen LogP contribution in [0.1, 0.15) is 23.2 Å². The highest BCUT2D eigenvalue weighted by Gasteiger charge is 2.20. The van der Waals surface area contributed by atoms with Gasteiger partial charge in [-0.25, -0.2) is 4.39 Å². The van der Waals surface area contributed by atoms with Gasteiger partial charge < -0.3 is 20.1 Å². The van der Waals surface area contributed by atoms with Crippen LogP contribution in [0.2, 0.25) is 0 Å². The summed E-state index contributed by atoms with van der Waals surface area (Å²) in [5, 5.41) is 12.0. The number of nitrogens with one attached hydrogen (secondary N) is 1. The van der Waals surface area contributed by atoms with Gasteiger partial charge in [-0.2, -0.15) is 0 Å². The van der Waals surface area contributed by atoms with E-state index in [4.69, 9.17) is 9.84 Å². The Labute approximate surface area is 130 Å². The van der Waals surface area contributed by atoms with Crippen LogP contribution in [-0.4, -0.2) is 55.8 Å². The Bertz CT molecular complexity index is 510. The van der Waals surface area contributed by atoms with Crippen LogP contribution < -0.4 is 5.32 Å². The van der Waals surface area contributed by atoms with Crippen LogP contribution in [-0.2, 0) is 4.74 Å². The number of likely N-dealkylation sites (tertiary alicyclic amines) is 1. The number of amides is 1. The van der Waals surface area contributed by atoms with Crippen molar-refractivity contribution in [3.8, 4) is 5.75 Å². The lowest BCUT2D eigenvalue weighted by atomic mass is 9.98. The van der Waals surface area contributed by atoms with Gasteiger partial charge in [-0.15, -0.1) is 0 Å². The third kappa shape index (κ3) is 4.68. The number of halogens is 1. The fraction of sp³-hybridized carbons (Fsp3) is 0.562. The molecule has 1 fully saturated rings. The highest BCUT2D eigenvalue weighted by Crippen LogP contribution is 2.17. The molecule has 5 nitrogen and oxygen atoms in total. The van der Waals surface area contributed by atoms with Crippen molar-refractivity contribution in [1.82, 2.24) is 10.2 Å². The van der Waals surface area contributed by atoms with Gasteiger partial charge in [0.15, 0.2) is 11.6 Å². The quantitative estimate of drug-likeness (QED) is 0.838. The molecule has 1 aliphatic rings. The van der Waals surface area contributed by atoms with Gasteiger partial charge in [-0.1, -0.05) is 0 Å². The summed E-state index contributed by atoms with van der Waals surface area (Å²) in [6.45, 7) is 4.20. The van der Waals surface area contributed by atoms with Gasteiger partial charge in [-0.3, -0.25) is 4.79 Å². The molecule has 0 saturated carbocycles. The first-order chi connectivity index (χ1) is 10.6. The zero-order chi connectivity index (χ0) is 15.9. The van der Waals surface area contributed by atoms with E-state index in [0.717, 1.165) is 38.5 Å². The number of piperidine rings is 1. The van der Waals surface area contributed by atoms with Gasteiger partial charge in [0.25, 0.3) is 5.91 Å². The summed E-state index contributed by atoms with van der Waals surface area (Å²) in [6.07, 6.45) is 2.19. The predicted octanol–water partition coefficient (Wildman–Crippen LogP) is 1.62. The summed E-state index contributed by atoms with van der Waals surface area (Å²) >= 11 is 0. The Morgan fingerprint density at radius 3 is 3.09 bits per heavy atom. The molecule has 0 aliphatic carbocycles. The predicted molar refractivity (Wildman–Crippen MR) is 81.4 cm³/mol. The molecule has 1 amide bonds. The molecule has 1 aliphatic heterocycles. The summed E-state index contributed by atoms with van der Waals surface area (Å²) in [6, 6.07) is 3.66. The monoisotopic (exact) mass is 310 g/mol. The van der Waals surface area contributed by atoms with Crippen LogP contribution in [0.4, 0.5) is 4.39 Å². The number of nitrogens with zero attached hydrogens (tertiary/aromatic N) is 1. The van der Waals surface area contributed by atoms with Gasteiger partial charge in [0, 0.05) is 32.3 Å². The van der Waals surface area contributed by atoms with Crippen LogP contribution in [0, 0.1) is 11.7 Å². The molecule has 0 spiro atoms. The number of carbonyl (C=O) groups is 1. The second kappa shape index (κ2) is 8.10. The first-order valence-electron chi connectivity index (χ1n) is 7.58. The van der Waals surface area contributed by atoms with Crippen molar-refractivity contribution in [3.05, 3.63) is 29.6 Å². The molecule has 0 unspecified atom stereocenters. The van der Waals surface area contributed by atoms with Gasteiger partial charge >= 0.3 is 0 Å². The number of methoxy groups -OCH3 is 1. The molecule has 1 atom stereocenters. The Kier molecular flexibility index (Phi) is 6.15. The van der Waals surface area contributed by atoms with E-state index in [9.17, 15) is 9.18 Å². The minimum atomic E-state index is -0.781. The Hall–Kier alpha value is -1.66. The number of benzene rings is 1. The summed E-state index contributed by atoms with van der Waals surface area (Å²) in [5.74, 6) is -1.14. The number of carbonyl (C=O) groups excluding carboxylic acids is 1. The first-order valence-corrected chi connectivity index (χ1v) is 7.58. The Morgan fingerprint density at radius 2 is 2.36 bits per heavy atom. The summed E-state index contributed by atoms with van der Waals surface area (Å²) in [7, 11) is 1.69. The topological polar surface area (TPSA) is 61.8 Å². The largest absolute Gasteiger partial charge is 0.505 e. The van der Waals surface area contributed by atoms with Crippen molar-refractivity contribution in [2.24, 2.45) is 5.92 Å². The van der Waals surface area contributed by atoms with E-state index in [0.29, 0.717) is 19.1 Å². The number of hydrogen-bond donors (Lipinski definition) is 2. The third-order valence-corrected chi connectivity index (χ3v) is 3.98. The molecular weight excluding hydrogens is 287 g/mol. The van der Waals surface area contributed by atoms with E-state index in [2.05, 4.69) is 10.2 Å². The number of phenolic OH excluding ortho intramolecular Hbond substituents is 1. The van der Waals surface area contributed by atoms with E-state index in [1.165, 1.54) is 12.1 Å². The maximum Gasteiger partial charge on any atom is 0.251 e.